The number of ether oxygens (including phenoxy) is 1. The molecule has 0 saturated heterocycles. The molecule has 0 heterocycles. The molecule has 3 rings (SSSR count). The van der Waals surface area contributed by atoms with Crippen LogP contribution in [0.25, 0.3) is 0 Å². The number of para-hydroxylation sites is 2. The van der Waals surface area contributed by atoms with E-state index in [1.54, 1.807) is 43.3 Å². The Labute approximate surface area is 238 Å². The molecule has 8 nitrogen and oxygen atoms in total. The first-order chi connectivity index (χ1) is 18.9. The van der Waals surface area contributed by atoms with Gasteiger partial charge >= 0.3 is 0 Å². The lowest BCUT2D eigenvalue weighted by Gasteiger charge is -2.32. The van der Waals surface area contributed by atoms with Crippen LogP contribution in [0, 0.1) is 19.8 Å². The number of carbonyl (C=O) groups is 2. The smallest absolute Gasteiger partial charge is 0.264 e. The maximum absolute atomic E-state index is 14.1. The van der Waals surface area contributed by atoms with Crippen LogP contribution < -0.4 is 14.4 Å². The Kier molecular flexibility index (Phi) is 10.3. The largest absolute Gasteiger partial charge is 0.495 e. The minimum atomic E-state index is -4.18. The Bertz CT molecular complexity index is 1420. The molecular formula is C31H39N3O5S. The van der Waals surface area contributed by atoms with E-state index in [1.165, 1.54) is 24.1 Å². The second-order valence-corrected chi connectivity index (χ2v) is 12.1. The summed E-state index contributed by atoms with van der Waals surface area (Å²) < 4.78 is 34.5. The monoisotopic (exact) mass is 565 g/mol. The number of sulfonamides is 1. The van der Waals surface area contributed by atoms with Gasteiger partial charge in [0.25, 0.3) is 10.0 Å². The van der Waals surface area contributed by atoms with Gasteiger partial charge in [0.2, 0.25) is 11.8 Å². The van der Waals surface area contributed by atoms with Gasteiger partial charge in [0, 0.05) is 13.1 Å². The zero-order chi connectivity index (χ0) is 29.4. The van der Waals surface area contributed by atoms with Crippen LogP contribution in [-0.2, 0) is 26.2 Å². The van der Waals surface area contributed by atoms with Crippen LogP contribution >= 0.6 is 0 Å². The normalized spacial score (nSPS) is 12.1. The first kappa shape index (κ1) is 30.7. The number of nitrogens with one attached hydrogen (secondary N) is 1. The number of hydrogen-bond acceptors (Lipinski definition) is 5. The summed E-state index contributed by atoms with van der Waals surface area (Å²) in [4.78, 5) is 28.7. The summed E-state index contributed by atoms with van der Waals surface area (Å²) in [5, 5.41) is 2.90. The predicted octanol–water partition coefficient (Wildman–Crippen LogP) is 4.70. The highest BCUT2D eigenvalue weighted by Crippen LogP contribution is 2.32. The van der Waals surface area contributed by atoms with Gasteiger partial charge in [-0.15, -0.1) is 0 Å². The van der Waals surface area contributed by atoms with E-state index in [1.807, 2.05) is 52.0 Å². The minimum Gasteiger partial charge on any atom is -0.495 e. The lowest BCUT2D eigenvalue weighted by atomic mass is 10.1. The van der Waals surface area contributed by atoms with Gasteiger partial charge in [-0.25, -0.2) is 8.42 Å². The van der Waals surface area contributed by atoms with Crippen molar-refractivity contribution in [3.8, 4) is 5.75 Å². The highest BCUT2D eigenvalue weighted by atomic mass is 32.2. The number of carbonyl (C=O) groups excluding carboxylic acids is 2. The predicted molar refractivity (Wildman–Crippen MR) is 158 cm³/mol. The van der Waals surface area contributed by atoms with Crippen molar-refractivity contribution >= 4 is 27.5 Å². The summed E-state index contributed by atoms with van der Waals surface area (Å²) in [7, 11) is -2.73. The van der Waals surface area contributed by atoms with Crippen molar-refractivity contribution in [3.63, 3.8) is 0 Å². The number of amides is 2. The molecule has 214 valence electrons. The van der Waals surface area contributed by atoms with E-state index in [0.717, 1.165) is 21.0 Å². The van der Waals surface area contributed by atoms with Gasteiger partial charge in [0.05, 0.1) is 17.7 Å². The topological polar surface area (TPSA) is 96.0 Å². The van der Waals surface area contributed by atoms with E-state index in [9.17, 15) is 18.0 Å². The van der Waals surface area contributed by atoms with E-state index in [-0.39, 0.29) is 29.0 Å². The number of anilines is 1. The van der Waals surface area contributed by atoms with Gasteiger partial charge in [-0.2, -0.15) is 0 Å². The first-order valence-corrected chi connectivity index (χ1v) is 14.7. The van der Waals surface area contributed by atoms with Crippen LogP contribution in [0.2, 0.25) is 0 Å². The van der Waals surface area contributed by atoms with Crippen LogP contribution in [0.4, 0.5) is 5.69 Å². The maximum atomic E-state index is 14.1. The maximum Gasteiger partial charge on any atom is 0.264 e. The molecule has 0 unspecified atom stereocenters. The quantitative estimate of drug-likeness (QED) is 0.344. The Morgan fingerprint density at radius 1 is 0.900 bits per heavy atom. The van der Waals surface area contributed by atoms with Crippen LogP contribution in [0.1, 0.15) is 37.5 Å². The SMILES string of the molecule is COc1ccccc1N(CC(=O)N(Cc1ccccc1C)[C@H](C)C(=O)NCC(C)C)S(=O)(=O)c1ccc(C)cc1. The molecule has 0 fully saturated rings. The van der Waals surface area contributed by atoms with Gasteiger partial charge in [-0.3, -0.25) is 13.9 Å². The Hall–Kier alpha value is -3.85. The minimum absolute atomic E-state index is 0.0463. The summed E-state index contributed by atoms with van der Waals surface area (Å²) in [5.74, 6) is -0.283. The van der Waals surface area contributed by atoms with Crippen molar-refractivity contribution in [3.05, 3.63) is 89.5 Å². The number of hydrogen-bond donors (Lipinski definition) is 1. The summed E-state index contributed by atoms with van der Waals surface area (Å²) >= 11 is 0. The molecule has 0 saturated carbocycles. The Balaban J connectivity index is 2.06. The molecule has 0 spiro atoms. The van der Waals surface area contributed by atoms with Crippen molar-refractivity contribution in [2.75, 3.05) is 24.5 Å². The second-order valence-electron chi connectivity index (χ2n) is 10.3. The highest BCUT2D eigenvalue weighted by molar-refractivity contribution is 7.92. The highest BCUT2D eigenvalue weighted by Gasteiger charge is 2.33. The molecule has 3 aromatic carbocycles. The fourth-order valence-electron chi connectivity index (χ4n) is 4.19. The fourth-order valence-corrected chi connectivity index (χ4v) is 5.62. The average Bonchev–Trinajstić information content (AvgIpc) is 2.93. The third-order valence-corrected chi connectivity index (χ3v) is 8.47. The molecule has 3 aromatic rings. The van der Waals surface area contributed by atoms with E-state index >= 15 is 0 Å². The zero-order valence-electron chi connectivity index (χ0n) is 24.0. The van der Waals surface area contributed by atoms with Crippen molar-refractivity contribution in [2.45, 2.75) is 52.1 Å². The van der Waals surface area contributed by atoms with E-state index in [2.05, 4.69) is 5.32 Å². The first-order valence-electron chi connectivity index (χ1n) is 13.3. The average molecular weight is 566 g/mol. The number of rotatable bonds is 12. The van der Waals surface area contributed by atoms with Gasteiger partial charge in [-0.1, -0.05) is 67.9 Å². The summed E-state index contributed by atoms with van der Waals surface area (Å²) in [5.41, 5.74) is 2.96. The Morgan fingerprint density at radius 2 is 1.52 bits per heavy atom. The molecule has 9 heteroatoms. The zero-order valence-corrected chi connectivity index (χ0v) is 24.9. The summed E-state index contributed by atoms with van der Waals surface area (Å²) in [6, 6.07) is 19.9. The molecule has 0 aliphatic heterocycles. The van der Waals surface area contributed by atoms with Crippen molar-refractivity contribution < 1.29 is 22.7 Å². The lowest BCUT2D eigenvalue weighted by molar-refractivity contribution is -0.139. The fraction of sp³-hybridized carbons (Fsp3) is 0.355. The molecule has 40 heavy (non-hydrogen) atoms. The second kappa shape index (κ2) is 13.5. The molecular weight excluding hydrogens is 526 g/mol. The third kappa shape index (κ3) is 7.41. The van der Waals surface area contributed by atoms with Gasteiger partial charge in [-0.05, 0) is 62.1 Å². The van der Waals surface area contributed by atoms with Crippen LogP contribution in [-0.4, -0.2) is 51.4 Å². The summed E-state index contributed by atoms with van der Waals surface area (Å²) in [6.45, 7) is 9.52. The molecule has 1 N–H and O–H groups in total. The molecule has 0 aromatic heterocycles. The van der Waals surface area contributed by atoms with Gasteiger partial charge in [0.15, 0.2) is 0 Å². The van der Waals surface area contributed by atoms with Crippen molar-refractivity contribution in [2.24, 2.45) is 5.92 Å². The van der Waals surface area contributed by atoms with Crippen molar-refractivity contribution in [1.29, 1.82) is 0 Å². The molecule has 0 bridgehead atoms. The number of nitrogens with zero attached hydrogens (tertiary/aromatic N) is 2. The number of benzene rings is 3. The third-order valence-electron chi connectivity index (χ3n) is 6.70. The van der Waals surface area contributed by atoms with Crippen molar-refractivity contribution in [1.82, 2.24) is 10.2 Å². The van der Waals surface area contributed by atoms with Gasteiger partial charge in [0.1, 0.15) is 18.3 Å². The lowest BCUT2D eigenvalue weighted by Crippen LogP contribution is -2.51. The standard InChI is InChI=1S/C31H39N3O5S/c1-22(2)19-32-31(36)25(5)33(20-26-12-8-7-11-24(26)4)30(35)21-34(28-13-9-10-14-29(28)39-6)40(37,38)27-17-15-23(3)16-18-27/h7-18,22,25H,19-21H2,1-6H3,(H,32,36)/t25-/m1/s1. The van der Waals surface area contributed by atoms with Gasteiger partial charge < -0.3 is 15.0 Å². The van der Waals surface area contributed by atoms with Crippen LogP contribution in [0.15, 0.2) is 77.7 Å². The molecule has 0 aliphatic rings. The number of aryl methyl sites for hydroxylation is 2. The van der Waals surface area contributed by atoms with E-state index < -0.39 is 28.5 Å². The van der Waals surface area contributed by atoms with Crippen LogP contribution in [0.5, 0.6) is 5.75 Å². The number of methoxy groups -OCH3 is 1. The molecule has 2 amide bonds. The van der Waals surface area contributed by atoms with Crippen LogP contribution in [0.3, 0.4) is 0 Å². The van der Waals surface area contributed by atoms with E-state index in [4.69, 9.17) is 4.74 Å². The summed E-state index contributed by atoms with van der Waals surface area (Å²) in [6.07, 6.45) is 0. The molecule has 1 atom stereocenters. The molecule has 0 aliphatic carbocycles. The van der Waals surface area contributed by atoms with E-state index in [0.29, 0.717) is 12.3 Å². The molecule has 0 radical (unpaired) electrons. The Morgan fingerprint density at radius 3 is 2.15 bits per heavy atom.